The zero-order chi connectivity index (χ0) is 14.9. The van der Waals surface area contributed by atoms with Crippen LogP contribution in [0, 0.1) is 0 Å². The number of fused-ring (bicyclic) bond motifs is 1. The Kier molecular flexibility index (Phi) is 3.03. The number of nitrogens with zero attached hydrogens (tertiary/aromatic N) is 4. The highest BCUT2D eigenvalue weighted by molar-refractivity contribution is 5.92. The quantitative estimate of drug-likeness (QED) is 0.776. The van der Waals surface area contributed by atoms with Crippen LogP contribution in [0.2, 0.25) is 0 Å². The van der Waals surface area contributed by atoms with Crippen molar-refractivity contribution in [2.45, 2.75) is 0 Å². The number of amides is 1. The molecule has 1 N–H and O–H groups in total. The first-order valence-corrected chi connectivity index (χ1v) is 7.19. The number of hydrogen-bond donors (Lipinski definition) is 1. The van der Waals surface area contributed by atoms with Gasteiger partial charge in [0.05, 0.1) is 11.6 Å². The number of piperazine rings is 1. The van der Waals surface area contributed by atoms with E-state index in [1.54, 1.807) is 18.5 Å². The van der Waals surface area contributed by atoms with Crippen molar-refractivity contribution in [3.8, 4) is 0 Å². The average molecular weight is 297 g/mol. The number of hydrogen-bond acceptors (Lipinski definition) is 5. The minimum absolute atomic E-state index is 0.0564. The molecule has 0 spiro atoms. The minimum Gasteiger partial charge on any atom is -0.459 e. The summed E-state index contributed by atoms with van der Waals surface area (Å²) in [6.07, 6.45) is 4.95. The summed E-state index contributed by atoms with van der Waals surface area (Å²) in [5.74, 6) is 1.25. The Hall–Kier alpha value is -2.83. The molecular formula is C15H15N5O2. The van der Waals surface area contributed by atoms with Crippen LogP contribution in [-0.2, 0) is 0 Å². The number of rotatable bonds is 2. The number of H-pyrrole nitrogens is 1. The molecule has 7 heteroatoms. The van der Waals surface area contributed by atoms with Crippen molar-refractivity contribution in [3.63, 3.8) is 0 Å². The topological polar surface area (TPSA) is 78.3 Å². The van der Waals surface area contributed by atoms with Gasteiger partial charge in [-0.15, -0.1) is 0 Å². The van der Waals surface area contributed by atoms with Crippen LogP contribution in [0.5, 0.6) is 0 Å². The molecule has 0 unspecified atom stereocenters. The van der Waals surface area contributed by atoms with E-state index in [4.69, 9.17) is 4.42 Å². The molecule has 7 nitrogen and oxygen atoms in total. The van der Waals surface area contributed by atoms with E-state index in [0.29, 0.717) is 18.8 Å². The molecule has 1 fully saturated rings. The van der Waals surface area contributed by atoms with Crippen LogP contribution in [0.1, 0.15) is 10.6 Å². The maximum Gasteiger partial charge on any atom is 0.289 e. The van der Waals surface area contributed by atoms with Crippen molar-refractivity contribution in [3.05, 3.63) is 42.7 Å². The number of nitrogens with one attached hydrogen (secondary N) is 1. The molecule has 0 radical (unpaired) electrons. The molecule has 1 amide bonds. The Labute approximate surface area is 126 Å². The van der Waals surface area contributed by atoms with Gasteiger partial charge in [0.15, 0.2) is 5.76 Å². The standard InChI is InChI=1S/C15H15N5O2/c21-15(12-2-1-9-22-12)20-7-5-19(6-8-20)14-11-3-4-16-13(11)17-10-18-14/h1-4,9-10H,5-8H2,(H,16,17,18). The second kappa shape index (κ2) is 5.18. The van der Waals surface area contributed by atoms with Crippen LogP contribution in [0.15, 0.2) is 41.4 Å². The first-order chi connectivity index (χ1) is 10.8. The third-order valence-corrected chi connectivity index (χ3v) is 3.93. The van der Waals surface area contributed by atoms with Gasteiger partial charge in [0.25, 0.3) is 5.91 Å². The molecule has 1 aliphatic heterocycles. The lowest BCUT2D eigenvalue weighted by Gasteiger charge is -2.35. The number of carbonyl (C=O) groups excluding carboxylic acids is 1. The van der Waals surface area contributed by atoms with E-state index in [9.17, 15) is 4.79 Å². The van der Waals surface area contributed by atoms with Gasteiger partial charge in [0.1, 0.15) is 17.8 Å². The molecule has 0 atom stereocenters. The van der Waals surface area contributed by atoms with E-state index in [2.05, 4.69) is 19.9 Å². The molecule has 3 aromatic rings. The number of furan rings is 1. The first kappa shape index (κ1) is 12.9. The predicted octanol–water partition coefficient (Wildman–Crippen LogP) is 1.51. The normalized spacial score (nSPS) is 15.5. The molecule has 22 heavy (non-hydrogen) atoms. The Morgan fingerprint density at radius 2 is 2.05 bits per heavy atom. The Morgan fingerprint density at radius 1 is 1.18 bits per heavy atom. The molecule has 0 saturated carbocycles. The Morgan fingerprint density at radius 3 is 2.82 bits per heavy atom. The Balaban J connectivity index is 1.50. The van der Waals surface area contributed by atoms with Gasteiger partial charge in [0.2, 0.25) is 0 Å². The molecule has 1 aliphatic rings. The predicted molar refractivity (Wildman–Crippen MR) is 80.7 cm³/mol. The van der Waals surface area contributed by atoms with Gasteiger partial charge in [-0.1, -0.05) is 0 Å². The second-order valence-corrected chi connectivity index (χ2v) is 5.19. The van der Waals surface area contributed by atoms with E-state index in [-0.39, 0.29) is 5.91 Å². The van der Waals surface area contributed by atoms with Crippen LogP contribution in [0.4, 0.5) is 5.82 Å². The van der Waals surface area contributed by atoms with Gasteiger partial charge in [-0.25, -0.2) is 9.97 Å². The lowest BCUT2D eigenvalue weighted by molar-refractivity contribution is 0.0714. The van der Waals surface area contributed by atoms with Gasteiger partial charge < -0.3 is 19.2 Å². The SMILES string of the molecule is O=C(c1ccco1)N1CCN(c2ncnc3[nH]ccc23)CC1. The summed E-state index contributed by atoms with van der Waals surface area (Å²) in [7, 11) is 0. The highest BCUT2D eigenvalue weighted by Crippen LogP contribution is 2.23. The maximum atomic E-state index is 12.3. The van der Waals surface area contributed by atoms with E-state index in [1.807, 2.05) is 17.2 Å². The largest absolute Gasteiger partial charge is 0.459 e. The number of anilines is 1. The molecular weight excluding hydrogens is 282 g/mol. The summed E-state index contributed by atoms with van der Waals surface area (Å²) >= 11 is 0. The van der Waals surface area contributed by atoms with E-state index in [1.165, 1.54) is 6.26 Å². The van der Waals surface area contributed by atoms with Crippen LogP contribution < -0.4 is 4.90 Å². The number of aromatic nitrogens is 3. The summed E-state index contributed by atoms with van der Waals surface area (Å²) in [5.41, 5.74) is 0.832. The van der Waals surface area contributed by atoms with Crippen molar-refractivity contribution in [1.29, 1.82) is 0 Å². The fourth-order valence-electron chi connectivity index (χ4n) is 2.79. The molecule has 0 aliphatic carbocycles. The molecule has 0 bridgehead atoms. The maximum absolute atomic E-state index is 12.3. The molecule has 4 heterocycles. The lowest BCUT2D eigenvalue weighted by atomic mass is 10.2. The fourth-order valence-corrected chi connectivity index (χ4v) is 2.79. The molecule has 0 aromatic carbocycles. The summed E-state index contributed by atoms with van der Waals surface area (Å²) in [6.45, 7) is 2.78. The van der Waals surface area contributed by atoms with Crippen molar-refractivity contribution in [1.82, 2.24) is 19.9 Å². The molecule has 112 valence electrons. The van der Waals surface area contributed by atoms with Crippen LogP contribution in [-0.4, -0.2) is 51.9 Å². The number of carbonyl (C=O) groups is 1. The van der Waals surface area contributed by atoms with E-state index >= 15 is 0 Å². The molecule has 4 rings (SSSR count). The van der Waals surface area contributed by atoms with Gasteiger partial charge in [-0.05, 0) is 18.2 Å². The van der Waals surface area contributed by atoms with Gasteiger partial charge in [-0.2, -0.15) is 0 Å². The van der Waals surface area contributed by atoms with Crippen LogP contribution >= 0.6 is 0 Å². The first-order valence-electron chi connectivity index (χ1n) is 7.19. The van der Waals surface area contributed by atoms with Crippen molar-refractivity contribution < 1.29 is 9.21 Å². The van der Waals surface area contributed by atoms with Crippen molar-refractivity contribution >= 4 is 22.8 Å². The third kappa shape index (κ3) is 2.11. The molecule has 1 saturated heterocycles. The highest BCUT2D eigenvalue weighted by atomic mass is 16.3. The zero-order valence-electron chi connectivity index (χ0n) is 11.9. The fraction of sp³-hybridized carbons (Fsp3) is 0.267. The van der Waals surface area contributed by atoms with Gasteiger partial charge in [-0.3, -0.25) is 4.79 Å². The summed E-state index contributed by atoms with van der Waals surface area (Å²) < 4.78 is 5.18. The summed E-state index contributed by atoms with van der Waals surface area (Å²) in [4.78, 5) is 27.9. The zero-order valence-corrected chi connectivity index (χ0v) is 11.9. The van der Waals surface area contributed by atoms with Crippen LogP contribution in [0.3, 0.4) is 0 Å². The minimum atomic E-state index is -0.0564. The lowest BCUT2D eigenvalue weighted by Crippen LogP contribution is -2.49. The van der Waals surface area contributed by atoms with Gasteiger partial charge in [0, 0.05) is 32.4 Å². The molecule has 3 aromatic heterocycles. The number of aromatic amines is 1. The second-order valence-electron chi connectivity index (χ2n) is 5.19. The van der Waals surface area contributed by atoms with Crippen LogP contribution in [0.25, 0.3) is 11.0 Å². The highest BCUT2D eigenvalue weighted by Gasteiger charge is 2.25. The van der Waals surface area contributed by atoms with E-state index in [0.717, 1.165) is 29.9 Å². The van der Waals surface area contributed by atoms with Crippen molar-refractivity contribution in [2.75, 3.05) is 31.1 Å². The Bertz CT molecular complexity index is 787. The third-order valence-electron chi connectivity index (χ3n) is 3.93. The summed E-state index contributed by atoms with van der Waals surface area (Å²) in [5, 5.41) is 1.01. The summed E-state index contributed by atoms with van der Waals surface area (Å²) in [6, 6.07) is 5.40. The van der Waals surface area contributed by atoms with E-state index < -0.39 is 0 Å². The monoisotopic (exact) mass is 297 g/mol. The average Bonchev–Trinajstić information content (AvgIpc) is 3.25. The van der Waals surface area contributed by atoms with Gasteiger partial charge >= 0.3 is 0 Å². The smallest absolute Gasteiger partial charge is 0.289 e. The van der Waals surface area contributed by atoms with Crippen molar-refractivity contribution in [2.24, 2.45) is 0 Å².